The number of carbonyl (C=O) groups excluding carboxylic acids is 1. The average molecular weight is 207 g/mol. The molecule has 1 aliphatic rings. The maximum Gasteiger partial charge on any atom is 0.210 e. The molecule has 1 amide bonds. The first kappa shape index (κ1) is 10.5. The van der Waals surface area contributed by atoms with E-state index in [1.54, 1.807) is 6.92 Å². The third kappa shape index (κ3) is 2.19. The summed E-state index contributed by atoms with van der Waals surface area (Å²) < 4.78 is 22.2. The highest BCUT2D eigenvalue weighted by Crippen LogP contribution is 2.16. The Balaban J connectivity index is 2.77. The number of nitrogens with zero attached hydrogens (tertiary/aromatic N) is 1. The Morgan fingerprint density at radius 2 is 2.15 bits per heavy atom. The molecule has 0 saturated carbocycles. The van der Waals surface area contributed by atoms with Gasteiger partial charge in [0, 0.05) is 6.54 Å². The smallest absolute Gasteiger partial charge is 0.210 e. The number of hydrogen-bond donors (Lipinski definition) is 1. The van der Waals surface area contributed by atoms with Crippen LogP contribution in [0.4, 0.5) is 0 Å². The summed E-state index contributed by atoms with van der Waals surface area (Å²) in [5, 5.41) is 9.38. The van der Waals surface area contributed by atoms with Crippen LogP contribution in [0, 0.1) is 0 Å². The molecule has 1 aliphatic heterocycles. The van der Waals surface area contributed by atoms with Crippen molar-refractivity contribution in [2.24, 2.45) is 0 Å². The Kier molecular flexibility index (Phi) is 2.92. The second kappa shape index (κ2) is 3.63. The minimum atomic E-state index is -3.16. The van der Waals surface area contributed by atoms with Crippen molar-refractivity contribution in [1.82, 2.24) is 4.90 Å². The first-order valence-corrected chi connectivity index (χ1v) is 5.92. The quantitative estimate of drug-likeness (QED) is 0.579. The summed E-state index contributed by atoms with van der Waals surface area (Å²) in [5.74, 6) is -0.358. The molecule has 13 heavy (non-hydrogen) atoms. The van der Waals surface area contributed by atoms with Gasteiger partial charge in [0.1, 0.15) is 0 Å². The molecule has 2 atom stereocenters. The first-order chi connectivity index (χ1) is 6.00. The fourth-order valence-corrected chi connectivity index (χ4v) is 3.33. The second-order valence-corrected chi connectivity index (χ2v) is 5.30. The summed E-state index contributed by atoms with van der Waals surface area (Å²) in [4.78, 5) is 11.8. The van der Waals surface area contributed by atoms with Crippen LogP contribution >= 0.6 is 0 Å². The van der Waals surface area contributed by atoms with Crippen molar-refractivity contribution in [3.8, 4) is 0 Å². The molecular formula is C7H13NO4S. The summed E-state index contributed by atoms with van der Waals surface area (Å²) in [6, 6.07) is -0.563. The van der Waals surface area contributed by atoms with E-state index in [2.05, 4.69) is 0 Å². The Bertz CT molecular complexity index is 287. The molecule has 76 valence electrons. The average Bonchev–Trinajstić information content (AvgIpc) is 2.28. The summed E-state index contributed by atoms with van der Waals surface area (Å²) in [6.07, 6.45) is -0.357. The van der Waals surface area contributed by atoms with Crippen LogP contribution in [-0.4, -0.2) is 55.0 Å². The van der Waals surface area contributed by atoms with Crippen molar-refractivity contribution in [3.05, 3.63) is 0 Å². The summed E-state index contributed by atoms with van der Waals surface area (Å²) >= 11 is 0. The molecule has 1 saturated heterocycles. The van der Waals surface area contributed by atoms with Gasteiger partial charge in [-0.25, -0.2) is 8.42 Å². The highest BCUT2D eigenvalue weighted by atomic mass is 32.2. The Morgan fingerprint density at radius 1 is 1.54 bits per heavy atom. The van der Waals surface area contributed by atoms with Crippen molar-refractivity contribution in [2.75, 3.05) is 18.1 Å². The second-order valence-electron chi connectivity index (χ2n) is 3.15. The van der Waals surface area contributed by atoms with E-state index in [1.807, 2.05) is 0 Å². The molecule has 0 spiro atoms. The third-order valence-electron chi connectivity index (χ3n) is 2.22. The van der Waals surface area contributed by atoms with Gasteiger partial charge in [0.05, 0.1) is 23.7 Å². The van der Waals surface area contributed by atoms with Crippen molar-refractivity contribution in [2.45, 2.75) is 19.1 Å². The van der Waals surface area contributed by atoms with E-state index in [0.717, 1.165) is 0 Å². The van der Waals surface area contributed by atoms with E-state index in [-0.39, 0.29) is 11.5 Å². The molecule has 0 radical (unpaired) electrons. The highest BCUT2D eigenvalue weighted by molar-refractivity contribution is 7.91. The number of sulfone groups is 1. The van der Waals surface area contributed by atoms with E-state index in [1.165, 1.54) is 4.90 Å². The van der Waals surface area contributed by atoms with E-state index < -0.39 is 22.0 Å². The molecule has 1 N–H and O–H groups in total. The highest BCUT2D eigenvalue weighted by Gasteiger charge is 2.39. The zero-order valence-corrected chi connectivity index (χ0v) is 8.20. The van der Waals surface area contributed by atoms with Crippen LogP contribution in [0.25, 0.3) is 0 Å². The molecule has 0 aromatic carbocycles. The van der Waals surface area contributed by atoms with Crippen LogP contribution in [0.1, 0.15) is 6.92 Å². The standard InChI is InChI=1S/C7H13NO4S/c1-2-8(5-9)6-3-13(11,12)4-7(6)10/h5-7,10H,2-4H2,1H3/t6-,7-/m0/s1. The van der Waals surface area contributed by atoms with Crippen LogP contribution in [0.5, 0.6) is 0 Å². The minimum Gasteiger partial charge on any atom is -0.390 e. The fraction of sp³-hybridized carbons (Fsp3) is 0.857. The predicted molar refractivity (Wildman–Crippen MR) is 46.9 cm³/mol. The number of hydrogen-bond acceptors (Lipinski definition) is 4. The number of amides is 1. The first-order valence-electron chi connectivity index (χ1n) is 4.09. The van der Waals surface area contributed by atoms with Gasteiger partial charge in [0.2, 0.25) is 6.41 Å². The maximum absolute atomic E-state index is 11.1. The molecule has 0 bridgehead atoms. The van der Waals surface area contributed by atoms with Crippen LogP contribution in [0.2, 0.25) is 0 Å². The van der Waals surface area contributed by atoms with Crippen molar-refractivity contribution < 1.29 is 18.3 Å². The topological polar surface area (TPSA) is 74.7 Å². The molecular weight excluding hydrogens is 194 g/mol. The number of carbonyl (C=O) groups is 1. The summed E-state index contributed by atoms with van der Waals surface area (Å²) in [6.45, 7) is 2.16. The number of rotatable bonds is 3. The predicted octanol–water partition coefficient (Wildman–Crippen LogP) is -1.38. The molecule has 1 rings (SSSR count). The van der Waals surface area contributed by atoms with Crippen LogP contribution in [0.3, 0.4) is 0 Å². The molecule has 1 heterocycles. The van der Waals surface area contributed by atoms with Gasteiger partial charge in [-0.2, -0.15) is 0 Å². The lowest BCUT2D eigenvalue weighted by Crippen LogP contribution is -2.42. The number of likely N-dealkylation sites (N-methyl/N-ethyl adjacent to an activating group) is 1. The SMILES string of the molecule is CCN(C=O)[C@H]1CS(=O)(=O)C[C@@H]1O. The number of aliphatic hydroxyl groups is 1. The number of aliphatic hydroxyl groups excluding tert-OH is 1. The summed E-state index contributed by atoms with van der Waals surface area (Å²) in [7, 11) is -3.16. The van der Waals surface area contributed by atoms with E-state index >= 15 is 0 Å². The normalized spacial score (nSPS) is 31.5. The molecule has 1 fully saturated rings. The van der Waals surface area contributed by atoms with Crippen LogP contribution in [-0.2, 0) is 14.6 Å². The van der Waals surface area contributed by atoms with Gasteiger partial charge in [-0.1, -0.05) is 0 Å². The zero-order chi connectivity index (χ0) is 10.1. The lowest BCUT2D eigenvalue weighted by molar-refractivity contribution is -0.121. The van der Waals surface area contributed by atoms with Gasteiger partial charge in [0.25, 0.3) is 0 Å². The van der Waals surface area contributed by atoms with Crippen molar-refractivity contribution in [3.63, 3.8) is 0 Å². The molecule has 6 heteroatoms. The fourth-order valence-electron chi connectivity index (χ4n) is 1.51. The van der Waals surface area contributed by atoms with Crippen LogP contribution < -0.4 is 0 Å². The molecule has 5 nitrogen and oxygen atoms in total. The minimum absolute atomic E-state index is 0.124. The monoisotopic (exact) mass is 207 g/mol. The Labute approximate surface area is 77.3 Å². The van der Waals surface area contributed by atoms with Crippen molar-refractivity contribution >= 4 is 16.2 Å². The van der Waals surface area contributed by atoms with E-state index in [0.29, 0.717) is 13.0 Å². The van der Waals surface area contributed by atoms with Gasteiger partial charge in [-0.05, 0) is 6.92 Å². The lowest BCUT2D eigenvalue weighted by atomic mass is 10.2. The molecule has 0 aliphatic carbocycles. The van der Waals surface area contributed by atoms with Gasteiger partial charge in [0.15, 0.2) is 9.84 Å². The zero-order valence-electron chi connectivity index (χ0n) is 7.38. The summed E-state index contributed by atoms with van der Waals surface area (Å²) in [5.41, 5.74) is 0. The Morgan fingerprint density at radius 3 is 2.46 bits per heavy atom. The van der Waals surface area contributed by atoms with E-state index in [9.17, 15) is 18.3 Å². The molecule has 0 unspecified atom stereocenters. The Hall–Kier alpha value is -0.620. The lowest BCUT2D eigenvalue weighted by Gasteiger charge is -2.24. The van der Waals surface area contributed by atoms with Gasteiger partial charge >= 0.3 is 0 Å². The van der Waals surface area contributed by atoms with Crippen molar-refractivity contribution in [1.29, 1.82) is 0 Å². The van der Waals surface area contributed by atoms with Gasteiger partial charge in [-0.15, -0.1) is 0 Å². The van der Waals surface area contributed by atoms with Crippen LogP contribution in [0.15, 0.2) is 0 Å². The van der Waals surface area contributed by atoms with Gasteiger partial charge < -0.3 is 10.0 Å². The maximum atomic E-state index is 11.1. The molecule has 0 aromatic heterocycles. The van der Waals surface area contributed by atoms with Gasteiger partial charge in [-0.3, -0.25) is 4.79 Å². The largest absolute Gasteiger partial charge is 0.390 e. The van der Waals surface area contributed by atoms with E-state index in [4.69, 9.17) is 0 Å². The third-order valence-corrected chi connectivity index (χ3v) is 3.92. The molecule has 0 aromatic rings.